The zero-order chi connectivity index (χ0) is 16.9. The van der Waals surface area contributed by atoms with Gasteiger partial charge in [0.15, 0.2) is 0 Å². The highest BCUT2D eigenvalue weighted by Gasteiger charge is 2.15. The third-order valence-electron chi connectivity index (χ3n) is 3.47. The average Bonchev–Trinajstić information content (AvgIpc) is 3.26. The molecule has 24 heavy (non-hydrogen) atoms. The molecule has 0 fully saturated rings. The van der Waals surface area contributed by atoms with Crippen molar-refractivity contribution in [2.75, 3.05) is 10.6 Å². The molecule has 0 spiro atoms. The third-order valence-corrected chi connectivity index (χ3v) is 4.14. The molecule has 3 rings (SSSR count). The molecule has 2 N–H and O–H groups in total. The number of rotatable bonds is 6. The van der Waals surface area contributed by atoms with Crippen LogP contribution >= 0.6 is 11.5 Å². The molecule has 0 aliphatic rings. The Kier molecular flexibility index (Phi) is 4.85. The maximum Gasteiger partial charge on any atom is 0.248 e. The first-order valence-corrected chi connectivity index (χ1v) is 8.42. The largest absolute Gasteiger partial charge is 0.330 e. The molecular weight excluding hydrogens is 324 g/mol. The van der Waals surface area contributed by atoms with E-state index in [1.807, 2.05) is 31.2 Å². The standard InChI is InChI=1S/C16H18N6OS/c1-3-14-20-16(24-21-14)19-13-7-4-6-12(10-13)18-15(23)11(2)22-9-5-8-17-22/h4-11H,3H2,1-2H3,(H,18,23)(H,19,20,21). The van der Waals surface area contributed by atoms with Crippen molar-refractivity contribution in [3.8, 4) is 0 Å². The number of hydrogen-bond acceptors (Lipinski definition) is 6. The molecular formula is C16H18N6OS. The number of aryl methyl sites for hydroxylation is 1. The molecule has 0 aliphatic heterocycles. The van der Waals surface area contributed by atoms with Crippen LogP contribution in [0.3, 0.4) is 0 Å². The number of hydrogen-bond donors (Lipinski definition) is 2. The minimum absolute atomic E-state index is 0.125. The highest BCUT2D eigenvalue weighted by atomic mass is 32.1. The smallest absolute Gasteiger partial charge is 0.248 e. The van der Waals surface area contributed by atoms with Crippen LogP contribution < -0.4 is 10.6 Å². The predicted octanol–water partition coefficient (Wildman–Crippen LogP) is 3.24. The number of anilines is 3. The monoisotopic (exact) mass is 342 g/mol. The second-order valence-electron chi connectivity index (χ2n) is 5.23. The Morgan fingerprint density at radius 2 is 2.17 bits per heavy atom. The first-order chi connectivity index (χ1) is 11.7. The Morgan fingerprint density at radius 3 is 2.88 bits per heavy atom. The number of carbonyl (C=O) groups excluding carboxylic acids is 1. The molecule has 1 atom stereocenters. The van der Waals surface area contributed by atoms with Crippen molar-refractivity contribution in [1.82, 2.24) is 19.1 Å². The van der Waals surface area contributed by atoms with E-state index in [2.05, 4.69) is 25.1 Å². The highest BCUT2D eigenvalue weighted by Crippen LogP contribution is 2.22. The predicted molar refractivity (Wildman–Crippen MR) is 94.6 cm³/mol. The molecule has 1 unspecified atom stereocenters. The number of amides is 1. The molecule has 2 aromatic heterocycles. The average molecular weight is 342 g/mol. The molecule has 8 heteroatoms. The second kappa shape index (κ2) is 7.22. The zero-order valence-electron chi connectivity index (χ0n) is 13.4. The summed E-state index contributed by atoms with van der Waals surface area (Å²) in [4.78, 5) is 16.7. The van der Waals surface area contributed by atoms with Crippen molar-refractivity contribution in [3.05, 3.63) is 48.5 Å². The zero-order valence-corrected chi connectivity index (χ0v) is 14.2. The lowest BCUT2D eigenvalue weighted by Gasteiger charge is -2.13. The Morgan fingerprint density at radius 1 is 1.33 bits per heavy atom. The fourth-order valence-electron chi connectivity index (χ4n) is 2.12. The Hall–Kier alpha value is -2.74. The molecule has 124 valence electrons. The summed E-state index contributed by atoms with van der Waals surface area (Å²) in [5, 5.41) is 10.9. The topological polar surface area (TPSA) is 84.7 Å². The van der Waals surface area contributed by atoms with Crippen LogP contribution in [0.25, 0.3) is 0 Å². The van der Waals surface area contributed by atoms with Crippen molar-refractivity contribution in [3.63, 3.8) is 0 Å². The lowest BCUT2D eigenvalue weighted by Crippen LogP contribution is -2.23. The summed E-state index contributed by atoms with van der Waals surface area (Å²) in [5.74, 6) is 0.694. The van der Waals surface area contributed by atoms with Gasteiger partial charge in [0, 0.05) is 41.7 Å². The number of nitrogens with zero attached hydrogens (tertiary/aromatic N) is 4. The third kappa shape index (κ3) is 3.77. The molecule has 1 aromatic carbocycles. The van der Waals surface area contributed by atoms with Crippen LogP contribution in [-0.2, 0) is 11.2 Å². The van der Waals surface area contributed by atoms with Gasteiger partial charge in [-0.1, -0.05) is 13.0 Å². The maximum atomic E-state index is 12.3. The van der Waals surface area contributed by atoms with E-state index in [-0.39, 0.29) is 11.9 Å². The summed E-state index contributed by atoms with van der Waals surface area (Å²) >= 11 is 1.32. The molecule has 0 bridgehead atoms. The Labute approximate surface area is 143 Å². The van der Waals surface area contributed by atoms with E-state index in [4.69, 9.17) is 0 Å². The van der Waals surface area contributed by atoms with Crippen molar-refractivity contribution in [1.29, 1.82) is 0 Å². The molecule has 3 aromatic rings. The summed E-state index contributed by atoms with van der Waals surface area (Å²) in [6.45, 7) is 3.82. The molecule has 0 saturated carbocycles. The van der Waals surface area contributed by atoms with Gasteiger partial charge in [-0.05, 0) is 31.2 Å². The number of aromatic nitrogens is 4. The molecule has 0 aliphatic carbocycles. The normalized spacial score (nSPS) is 11.9. The minimum atomic E-state index is -0.383. The van der Waals surface area contributed by atoms with Crippen LogP contribution in [0, 0.1) is 0 Å². The Balaban J connectivity index is 1.67. The van der Waals surface area contributed by atoms with Gasteiger partial charge in [0.2, 0.25) is 11.0 Å². The number of carbonyl (C=O) groups is 1. The van der Waals surface area contributed by atoms with Gasteiger partial charge in [0.25, 0.3) is 0 Å². The summed E-state index contributed by atoms with van der Waals surface area (Å²) in [6, 6.07) is 8.91. The van der Waals surface area contributed by atoms with Gasteiger partial charge in [-0.3, -0.25) is 9.48 Å². The molecule has 0 saturated heterocycles. The van der Waals surface area contributed by atoms with E-state index >= 15 is 0 Å². The molecule has 1 amide bonds. The maximum absolute atomic E-state index is 12.3. The van der Waals surface area contributed by atoms with Gasteiger partial charge in [-0.25, -0.2) is 4.98 Å². The van der Waals surface area contributed by atoms with E-state index in [0.717, 1.165) is 23.1 Å². The van der Waals surface area contributed by atoms with Crippen LogP contribution in [0.1, 0.15) is 25.7 Å². The van der Waals surface area contributed by atoms with Gasteiger partial charge < -0.3 is 10.6 Å². The van der Waals surface area contributed by atoms with Crippen molar-refractivity contribution in [2.24, 2.45) is 0 Å². The van der Waals surface area contributed by atoms with Crippen LogP contribution in [0.4, 0.5) is 16.5 Å². The van der Waals surface area contributed by atoms with Crippen molar-refractivity contribution < 1.29 is 4.79 Å². The van der Waals surface area contributed by atoms with E-state index in [1.54, 1.807) is 30.1 Å². The minimum Gasteiger partial charge on any atom is -0.330 e. The van der Waals surface area contributed by atoms with Gasteiger partial charge in [-0.15, -0.1) is 0 Å². The highest BCUT2D eigenvalue weighted by molar-refractivity contribution is 7.09. The van der Waals surface area contributed by atoms with Crippen LogP contribution in [-0.4, -0.2) is 25.0 Å². The summed E-state index contributed by atoms with van der Waals surface area (Å²) in [6.07, 6.45) is 4.23. The second-order valence-corrected chi connectivity index (χ2v) is 5.98. The lowest BCUT2D eigenvalue weighted by molar-refractivity contribution is -0.119. The number of benzene rings is 1. The first kappa shape index (κ1) is 16.1. The first-order valence-electron chi connectivity index (χ1n) is 7.65. The van der Waals surface area contributed by atoms with E-state index < -0.39 is 0 Å². The van der Waals surface area contributed by atoms with E-state index in [0.29, 0.717) is 5.69 Å². The number of nitrogens with one attached hydrogen (secondary N) is 2. The van der Waals surface area contributed by atoms with Crippen molar-refractivity contribution in [2.45, 2.75) is 26.3 Å². The van der Waals surface area contributed by atoms with E-state index in [9.17, 15) is 4.79 Å². The quantitative estimate of drug-likeness (QED) is 0.718. The molecule has 0 radical (unpaired) electrons. The lowest BCUT2D eigenvalue weighted by atomic mass is 10.2. The van der Waals surface area contributed by atoms with Crippen molar-refractivity contribution >= 4 is 33.9 Å². The van der Waals surface area contributed by atoms with Gasteiger partial charge in [0.05, 0.1) is 0 Å². The van der Waals surface area contributed by atoms with Gasteiger partial charge in [-0.2, -0.15) is 9.47 Å². The van der Waals surface area contributed by atoms with E-state index in [1.165, 1.54) is 11.5 Å². The fraction of sp³-hybridized carbons (Fsp3) is 0.250. The van der Waals surface area contributed by atoms with Crippen LogP contribution in [0.2, 0.25) is 0 Å². The van der Waals surface area contributed by atoms with Gasteiger partial charge in [0.1, 0.15) is 11.9 Å². The van der Waals surface area contributed by atoms with Gasteiger partial charge >= 0.3 is 0 Å². The van der Waals surface area contributed by atoms with Crippen LogP contribution in [0.5, 0.6) is 0 Å². The molecule has 7 nitrogen and oxygen atoms in total. The summed E-state index contributed by atoms with van der Waals surface area (Å²) < 4.78 is 5.86. The summed E-state index contributed by atoms with van der Waals surface area (Å²) in [7, 11) is 0. The fourth-order valence-corrected chi connectivity index (χ4v) is 2.79. The Bertz CT molecular complexity index is 814. The van der Waals surface area contributed by atoms with Crippen LogP contribution in [0.15, 0.2) is 42.7 Å². The summed E-state index contributed by atoms with van der Waals surface area (Å²) in [5.41, 5.74) is 1.56. The SMILES string of the molecule is CCc1nsc(Nc2cccc(NC(=O)C(C)n3cccn3)c2)n1. The molecule has 2 heterocycles.